The number of unbranched alkanes of at least 4 members (excludes halogenated alkanes) is 5. The van der Waals surface area contributed by atoms with E-state index in [1.165, 1.54) is 43.4 Å². The van der Waals surface area contributed by atoms with Crippen molar-refractivity contribution in [1.29, 1.82) is 0 Å². The predicted octanol–water partition coefficient (Wildman–Crippen LogP) is 7.22. The molecule has 2 aromatic rings. The Bertz CT molecular complexity index is 675. The van der Waals surface area contributed by atoms with E-state index in [4.69, 9.17) is 0 Å². The summed E-state index contributed by atoms with van der Waals surface area (Å²) < 4.78 is 1.04. The third-order valence-electron chi connectivity index (χ3n) is 4.01. The van der Waals surface area contributed by atoms with Crippen LogP contribution in [0.4, 0.5) is 5.69 Å². The van der Waals surface area contributed by atoms with Crippen molar-refractivity contribution in [3.8, 4) is 0 Å². The van der Waals surface area contributed by atoms with Crippen LogP contribution in [0.25, 0.3) is 0 Å². The fourth-order valence-corrected chi connectivity index (χ4v) is 3.80. The van der Waals surface area contributed by atoms with Crippen molar-refractivity contribution in [1.82, 2.24) is 0 Å². The highest BCUT2D eigenvalue weighted by Gasteiger charge is 2.06. The van der Waals surface area contributed by atoms with Gasteiger partial charge in [-0.2, -0.15) is 0 Å². The van der Waals surface area contributed by atoms with E-state index in [0.29, 0.717) is 0 Å². The summed E-state index contributed by atoms with van der Waals surface area (Å²) in [5.74, 6) is 0.0591. The Morgan fingerprint density at radius 3 is 2.52 bits per heavy atom. The molecule has 0 radical (unpaired) electrons. The fourth-order valence-electron chi connectivity index (χ4n) is 2.57. The molecular weight excluding hydrogens is 394 g/mol. The van der Waals surface area contributed by atoms with E-state index < -0.39 is 0 Å². The number of allylic oxidation sites excluding steroid dienone is 1. The molecular formula is C21H26BrNOS. The number of rotatable bonds is 11. The zero-order valence-corrected chi connectivity index (χ0v) is 17.2. The molecule has 0 unspecified atom stereocenters. The summed E-state index contributed by atoms with van der Waals surface area (Å²) in [5.41, 5.74) is 0.960. The molecule has 0 aliphatic heterocycles. The summed E-state index contributed by atoms with van der Waals surface area (Å²) in [4.78, 5) is 14.4. The van der Waals surface area contributed by atoms with Crippen LogP contribution in [0, 0.1) is 0 Å². The van der Waals surface area contributed by atoms with Gasteiger partial charge in [0.15, 0.2) is 5.78 Å². The van der Waals surface area contributed by atoms with E-state index in [9.17, 15) is 4.79 Å². The molecule has 0 spiro atoms. The maximum absolute atomic E-state index is 12.2. The van der Waals surface area contributed by atoms with Gasteiger partial charge in [0.05, 0.1) is 4.88 Å². The first-order valence-electron chi connectivity index (χ1n) is 9.00. The van der Waals surface area contributed by atoms with E-state index >= 15 is 0 Å². The zero-order valence-electron chi connectivity index (χ0n) is 14.8. The van der Waals surface area contributed by atoms with Crippen molar-refractivity contribution in [2.75, 3.05) is 5.32 Å². The summed E-state index contributed by atoms with van der Waals surface area (Å²) in [6.45, 7) is 2.24. The van der Waals surface area contributed by atoms with Crippen molar-refractivity contribution in [3.63, 3.8) is 0 Å². The number of halogens is 1. The van der Waals surface area contributed by atoms with Crippen molar-refractivity contribution in [3.05, 3.63) is 62.9 Å². The number of hydrogen-bond acceptors (Lipinski definition) is 3. The first kappa shape index (κ1) is 19.9. The molecule has 134 valence electrons. The third kappa shape index (κ3) is 7.57. The Labute approximate surface area is 163 Å². The van der Waals surface area contributed by atoms with Gasteiger partial charge < -0.3 is 5.32 Å². The monoisotopic (exact) mass is 419 g/mol. The number of nitrogens with one attached hydrogen (secondary N) is 1. The molecule has 2 nitrogen and oxygen atoms in total. The summed E-state index contributed by atoms with van der Waals surface area (Å²) in [5, 5.41) is 3.12. The van der Waals surface area contributed by atoms with Gasteiger partial charge in [-0.1, -0.05) is 55.0 Å². The van der Waals surface area contributed by atoms with Gasteiger partial charge in [0.1, 0.15) is 0 Å². The Kier molecular flexibility index (Phi) is 8.98. The summed E-state index contributed by atoms with van der Waals surface area (Å²) in [7, 11) is 0. The molecule has 25 heavy (non-hydrogen) atoms. The smallest absolute Gasteiger partial charge is 0.197 e. The van der Waals surface area contributed by atoms with Crippen molar-refractivity contribution in [2.24, 2.45) is 0 Å². The topological polar surface area (TPSA) is 29.1 Å². The molecule has 0 saturated carbocycles. The number of carbonyl (C=O) groups excluding carboxylic acids is 1. The SMILES string of the molecule is CCCCCCCCc1ccc(C(=O)/C=C\Nc2ccc(Br)cc2)s1. The maximum Gasteiger partial charge on any atom is 0.197 e. The van der Waals surface area contributed by atoms with Crippen molar-refractivity contribution >= 4 is 38.7 Å². The standard InChI is InChI=1S/C21H26BrNOS/c1-2-3-4-5-6-7-8-19-13-14-21(25-19)20(24)15-16-23-18-11-9-17(22)10-12-18/h9-16,23H,2-8H2,1H3/b16-15-. The number of hydrogen-bond donors (Lipinski definition) is 1. The van der Waals surface area contributed by atoms with Crippen LogP contribution in [0.1, 0.15) is 60.0 Å². The molecule has 4 heteroatoms. The van der Waals surface area contributed by atoms with E-state index in [2.05, 4.69) is 34.2 Å². The minimum Gasteiger partial charge on any atom is -0.362 e. The molecule has 1 aromatic carbocycles. The van der Waals surface area contributed by atoms with Crippen LogP contribution in [0.5, 0.6) is 0 Å². The normalized spacial score (nSPS) is 11.1. The lowest BCUT2D eigenvalue weighted by atomic mass is 10.1. The van der Waals surface area contributed by atoms with Crippen LogP contribution in [0.3, 0.4) is 0 Å². The molecule has 0 bridgehead atoms. The lowest BCUT2D eigenvalue weighted by Crippen LogP contribution is -1.93. The predicted molar refractivity (Wildman–Crippen MR) is 113 cm³/mol. The highest BCUT2D eigenvalue weighted by molar-refractivity contribution is 9.10. The van der Waals surface area contributed by atoms with Gasteiger partial charge in [-0.3, -0.25) is 4.79 Å². The summed E-state index contributed by atoms with van der Waals surface area (Å²) >= 11 is 5.03. The molecule has 1 heterocycles. The Balaban J connectivity index is 1.73. The van der Waals surface area contributed by atoms with Gasteiger partial charge in [-0.15, -0.1) is 11.3 Å². The van der Waals surface area contributed by atoms with Gasteiger partial charge >= 0.3 is 0 Å². The number of anilines is 1. The number of aryl methyl sites for hydroxylation is 1. The molecule has 1 N–H and O–H groups in total. The Hall–Kier alpha value is -1.39. The van der Waals surface area contributed by atoms with Gasteiger partial charge in [-0.05, 0) is 49.2 Å². The van der Waals surface area contributed by atoms with Gasteiger partial charge in [0, 0.05) is 27.3 Å². The molecule has 0 aliphatic rings. The number of thiophene rings is 1. The highest BCUT2D eigenvalue weighted by Crippen LogP contribution is 2.20. The Morgan fingerprint density at radius 2 is 1.76 bits per heavy atom. The van der Waals surface area contributed by atoms with E-state index in [1.807, 2.05) is 30.3 Å². The van der Waals surface area contributed by atoms with Gasteiger partial charge in [0.2, 0.25) is 0 Å². The minimum atomic E-state index is 0.0591. The number of ketones is 1. The largest absolute Gasteiger partial charge is 0.362 e. The second-order valence-electron chi connectivity index (χ2n) is 6.13. The van der Waals surface area contributed by atoms with Crippen LogP contribution in [0.2, 0.25) is 0 Å². The number of benzene rings is 1. The Morgan fingerprint density at radius 1 is 1.04 bits per heavy atom. The second kappa shape index (κ2) is 11.3. The molecule has 0 aliphatic carbocycles. The fraction of sp³-hybridized carbons (Fsp3) is 0.381. The second-order valence-corrected chi connectivity index (χ2v) is 8.22. The van der Waals surface area contributed by atoms with Crippen LogP contribution in [-0.4, -0.2) is 5.78 Å². The first-order valence-corrected chi connectivity index (χ1v) is 10.6. The average Bonchev–Trinajstić information content (AvgIpc) is 3.09. The molecule has 1 aromatic heterocycles. The van der Waals surface area contributed by atoms with E-state index in [-0.39, 0.29) is 5.78 Å². The van der Waals surface area contributed by atoms with Crippen LogP contribution >= 0.6 is 27.3 Å². The van der Waals surface area contributed by atoms with Crippen molar-refractivity contribution in [2.45, 2.75) is 51.9 Å². The quantitative estimate of drug-likeness (QED) is 0.236. The van der Waals surface area contributed by atoms with Crippen LogP contribution < -0.4 is 5.32 Å². The summed E-state index contributed by atoms with van der Waals surface area (Å²) in [6, 6.07) is 11.9. The van der Waals surface area contributed by atoms with Gasteiger partial charge in [0.25, 0.3) is 0 Å². The zero-order chi connectivity index (χ0) is 17.9. The van der Waals surface area contributed by atoms with Crippen LogP contribution in [0.15, 0.2) is 53.1 Å². The molecule has 2 rings (SSSR count). The maximum atomic E-state index is 12.2. The highest BCUT2D eigenvalue weighted by atomic mass is 79.9. The van der Waals surface area contributed by atoms with Crippen LogP contribution in [-0.2, 0) is 6.42 Å². The van der Waals surface area contributed by atoms with Crippen molar-refractivity contribution < 1.29 is 4.79 Å². The molecule has 0 fully saturated rings. The molecule has 0 amide bonds. The average molecular weight is 420 g/mol. The number of carbonyl (C=O) groups is 1. The minimum absolute atomic E-state index is 0.0591. The van der Waals surface area contributed by atoms with E-state index in [0.717, 1.165) is 21.5 Å². The molecule has 0 saturated heterocycles. The lowest BCUT2D eigenvalue weighted by Gasteiger charge is -2.00. The molecule has 0 atom stereocenters. The van der Waals surface area contributed by atoms with Gasteiger partial charge in [-0.25, -0.2) is 0 Å². The summed E-state index contributed by atoms with van der Waals surface area (Å²) in [6.07, 6.45) is 12.2. The first-order chi connectivity index (χ1) is 12.2. The lowest BCUT2D eigenvalue weighted by molar-refractivity contribution is 0.105. The third-order valence-corrected chi connectivity index (χ3v) is 5.70. The van der Waals surface area contributed by atoms with E-state index in [1.54, 1.807) is 23.6 Å².